The number of halogens is 1. The lowest BCUT2D eigenvalue weighted by molar-refractivity contribution is -0.135. The molecule has 10 heteroatoms. The number of nitrogens with zero attached hydrogens (tertiary/aromatic N) is 2. The smallest absolute Gasteiger partial charge is 0.243 e. The van der Waals surface area contributed by atoms with Crippen LogP contribution >= 0.6 is 22.9 Å². The molecule has 192 valence electrons. The summed E-state index contributed by atoms with van der Waals surface area (Å²) in [5.74, 6) is 0.376. The topological polar surface area (TPSA) is 76.2 Å². The van der Waals surface area contributed by atoms with Gasteiger partial charge in [0.1, 0.15) is 12.4 Å². The van der Waals surface area contributed by atoms with Gasteiger partial charge in [0.15, 0.2) is 0 Å². The van der Waals surface area contributed by atoms with Crippen molar-refractivity contribution in [2.24, 2.45) is 0 Å². The van der Waals surface area contributed by atoms with E-state index in [0.717, 1.165) is 17.5 Å². The summed E-state index contributed by atoms with van der Waals surface area (Å²) in [7, 11) is -2.38. The zero-order valence-electron chi connectivity index (χ0n) is 20.2. The Bertz CT molecular complexity index is 1280. The van der Waals surface area contributed by atoms with Gasteiger partial charge < -0.3 is 14.4 Å². The first-order chi connectivity index (χ1) is 17.3. The van der Waals surface area contributed by atoms with E-state index >= 15 is 0 Å². The highest BCUT2D eigenvalue weighted by Crippen LogP contribution is 2.34. The first-order valence-electron chi connectivity index (χ1n) is 11.6. The van der Waals surface area contributed by atoms with Crippen LogP contribution in [-0.2, 0) is 26.0 Å². The minimum absolute atomic E-state index is 0.0714. The number of hydrogen-bond acceptors (Lipinski definition) is 6. The van der Waals surface area contributed by atoms with E-state index in [1.165, 1.54) is 16.3 Å². The molecule has 1 amide bonds. The van der Waals surface area contributed by atoms with Gasteiger partial charge >= 0.3 is 0 Å². The highest BCUT2D eigenvalue weighted by atomic mass is 35.5. The number of ether oxygens (including phenoxy) is 2. The maximum absolute atomic E-state index is 13.6. The summed E-state index contributed by atoms with van der Waals surface area (Å²) in [6, 6.07) is 15.4. The molecule has 0 saturated carbocycles. The van der Waals surface area contributed by atoms with Crippen LogP contribution in [0.3, 0.4) is 0 Å². The lowest BCUT2D eigenvalue weighted by Crippen LogP contribution is -2.48. The fourth-order valence-corrected chi connectivity index (χ4v) is 6.59. The molecule has 7 nitrogen and oxygen atoms in total. The van der Waals surface area contributed by atoms with Gasteiger partial charge in [0.25, 0.3) is 0 Å². The number of amides is 1. The van der Waals surface area contributed by atoms with Crippen LogP contribution < -0.4 is 4.74 Å². The van der Waals surface area contributed by atoms with Gasteiger partial charge in [-0.1, -0.05) is 29.3 Å². The molecule has 36 heavy (non-hydrogen) atoms. The van der Waals surface area contributed by atoms with Gasteiger partial charge in [0, 0.05) is 30.1 Å². The Hall–Kier alpha value is -2.43. The number of carbonyl (C=O) groups is 1. The zero-order valence-corrected chi connectivity index (χ0v) is 22.6. The first-order valence-corrected chi connectivity index (χ1v) is 14.3. The predicted octanol–water partition coefficient (Wildman–Crippen LogP) is 4.55. The van der Waals surface area contributed by atoms with E-state index in [0.29, 0.717) is 17.3 Å². The van der Waals surface area contributed by atoms with Crippen molar-refractivity contribution in [1.29, 1.82) is 0 Å². The number of benzene rings is 2. The number of hydrogen-bond donors (Lipinski definition) is 0. The second-order valence-corrected chi connectivity index (χ2v) is 11.9. The Kier molecular flexibility index (Phi) is 8.69. The number of fused-ring (bicyclic) bond motifs is 1. The van der Waals surface area contributed by atoms with Crippen molar-refractivity contribution in [2.45, 2.75) is 24.3 Å². The van der Waals surface area contributed by atoms with Gasteiger partial charge in [-0.15, -0.1) is 11.3 Å². The van der Waals surface area contributed by atoms with Crippen molar-refractivity contribution in [2.75, 3.05) is 40.0 Å². The Morgan fingerprint density at radius 1 is 1.14 bits per heavy atom. The Morgan fingerprint density at radius 2 is 1.86 bits per heavy atom. The molecule has 3 aromatic rings. The normalized spacial score (nSPS) is 15.7. The quantitative estimate of drug-likeness (QED) is 0.371. The van der Waals surface area contributed by atoms with E-state index in [9.17, 15) is 13.2 Å². The van der Waals surface area contributed by atoms with E-state index < -0.39 is 10.0 Å². The fourth-order valence-electron chi connectivity index (χ4n) is 4.16. The summed E-state index contributed by atoms with van der Waals surface area (Å²) < 4.78 is 39.2. The molecule has 0 saturated heterocycles. The molecule has 1 aliphatic heterocycles. The molecule has 4 rings (SSSR count). The molecule has 1 atom stereocenters. The van der Waals surface area contributed by atoms with Crippen LogP contribution in [0.15, 0.2) is 64.9 Å². The predicted molar refractivity (Wildman–Crippen MR) is 141 cm³/mol. The van der Waals surface area contributed by atoms with Crippen LogP contribution in [0.25, 0.3) is 0 Å². The number of carbonyl (C=O) groups excluding carboxylic acids is 1. The van der Waals surface area contributed by atoms with Gasteiger partial charge in [-0.2, -0.15) is 4.31 Å². The largest absolute Gasteiger partial charge is 0.491 e. The van der Waals surface area contributed by atoms with E-state index in [4.69, 9.17) is 21.1 Å². The molecule has 2 aromatic carbocycles. The van der Waals surface area contributed by atoms with Crippen LogP contribution in [0.2, 0.25) is 5.02 Å². The molecule has 0 spiro atoms. The number of sulfonamides is 1. The average Bonchev–Trinajstić information content (AvgIpc) is 3.35. The highest BCUT2D eigenvalue weighted by molar-refractivity contribution is 7.89. The van der Waals surface area contributed by atoms with Crippen LogP contribution in [0.1, 0.15) is 22.0 Å². The molecule has 0 radical (unpaired) electrons. The standard InChI is InChI=1S/C26H29ClN2O5S2/c1-19-3-9-22(10-4-19)36(31,32)28(14-15-33-2)17-26(30)29-13-11-25-23(12-16-35-25)24(29)18-34-21-7-5-20(27)6-8-21/h3-10,12,16,24H,11,13-15,17-18H2,1-2H3/t24-/m1/s1. The molecular weight excluding hydrogens is 520 g/mol. The summed E-state index contributed by atoms with van der Waals surface area (Å²) in [6.45, 7) is 2.60. The first kappa shape index (κ1) is 26.6. The summed E-state index contributed by atoms with van der Waals surface area (Å²) in [5.41, 5.74) is 2.00. The van der Waals surface area contributed by atoms with Crippen LogP contribution in [0.5, 0.6) is 5.75 Å². The lowest BCUT2D eigenvalue weighted by atomic mass is 10.0. The summed E-state index contributed by atoms with van der Waals surface area (Å²) in [4.78, 5) is 16.7. The van der Waals surface area contributed by atoms with Crippen molar-refractivity contribution in [1.82, 2.24) is 9.21 Å². The number of methoxy groups -OCH3 is 1. The van der Waals surface area contributed by atoms with Gasteiger partial charge in [-0.05, 0) is 66.8 Å². The van der Waals surface area contributed by atoms with Crippen molar-refractivity contribution < 1.29 is 22.7 Å². The molecule has 1 aliphatic rings. The van der Waals surface area contributed by atoms with Crippen molar-refractivity contribution in [3.8, 4) is 5.75 Å². The van der Waals surface area contributed by atoms with Crippen molar-refractivity contribution >= 4 is 38.9 Å². The summed E-state index contributed by atoms with van der Waals surface area (Å²) >= 11 is 7.64. The van der Waals surface area contributed by atoms with Gasteiger partial charge in [0.2, 0.25) is 15.9 Å². The molecular formula is C26H29ClN2O5S2. The van der Waals surface area contributed by atoms with E-state index in [2.05, 4.69) is 0 Å². The van der Waals surface area contributed by atoms with Crippen LogP contribution in [-0.4, -0.2) is 63.5 Å². The number of thiophene rings is 1. The second kappa shape index (κ2) is 11.7. The van der Waals surface area contributed by atoms with Gasteiger partial charge in [-0.25, -0.2) is 8.42 Å². The average molecular weight is 549 g/mol. The molecule has 0 aliphatic carbocycles. The molecule has 0 fully saturated rings. The van der Waals surface area contributed by atoms with Crippen LogP contribution in [0, 0.1) is 6.92 Å². The third kappa shape index (κ3) is 6.10. The van der Waals surface area contributed by atoms with Gasteiger partial charge in [0.05, 0.1) is 24.1 Å². The summed E-state index contributed by atoms with van der Waals surface area (Å²) in [5, 5.41) is 2.63. The minimum atomic E-state index is -3.89. The molecule has 0 unspecified atom stereocenters. The lowest BCUT2D eigenvalue weighted by Gasteiger charge is -2.37. The Balaban J connectivity index is 1.55. The number of rotatable bonds is 10. The monoisotopic (exact) mass is 548 g/mol. The third-order valence-corrected chi connectivity index (χ3v) is 9.26. The summed E-state index contributed by atoms with van der Waals surface area (Å²) in [6.07, 6.45) is 0.721. The maximum Gasteiger partial charge on any atom is 0.243 e. The number of aryl methyl sites for hydroxylation is 1. The van der Waals surface area contributed by atoms with E-state index in [1.54, 1.807) is 64.8 Å². The van der Waals surface area contributed by atoms with Crippen molar-refractivity contribution in [3.05, 3.63) is 81.0 Å². The second-order valence-electron chi connectivity index (χ2n) is 8.56. The molecule has 0 bridgehead atoms. The molecule has 2 heterocycles. The van der Waals surface area contributed by atoms with Crippen molar-refractivity contribution in [3.63, 3.8) is 0 Å². The Labute approximate surface area is 221 Å². The molecule has 0 N–H and O–H groups in total. The SMILES string of the molecule is COCCN(CC(=O)N1CCc2sccc2[C@H]1COc1ccc(Cl)cc1)S(=O)(=O)c1ccc(C)cc1. The zero-order chi connectivity index (χ0) is 25.7. The Morgan fingerprint density at radius 3 is 2.56 bits per heavy atom. The molecule has 1 aromatic heterocycles. The van der Waals surface area contributed by atoms with Crippen LogP contribution in [0.4, 0.5) is 0 Å². The van der Waals surface area contributed by atoms with E-state index in [1.807, 2.05) is 18.4 Å². The third-order valence-electron chi connectivity index (χ3n) is 6.15. The minimum Gasteiger partial charge on any atom is -0.491 e. The van der Waals surface area contributed by atoms with E-state index in [-0.39, 0.29) is 43.1 Å². The fraction of sp³-hybridized carbons (Fsp3) is 0.346. The maximum atomic E-state index is 13.6. The highest BCUT2D eigenvalue weighted by Gasteiger charge is 2.35. The van der Waals surface area contributed by atoms with Gasteiger partial charge in [-0.3, -0.25) is 4.79 Å².